The number of amides is 2. The lowest BCUT2D eigenvalue weighted by Gasteiger charge is -2.34. The molecule has 0 unspecified atom stereocenters. The maximum Gasteiger partial charge on any atom is 0.271 e. The summed E-state index contributed by atoms with van der Waals surface area (Å²) >= 11 is 1.38. The molecule has 4 rings (SSSR count). The van der Waals surface area contributed by atoms with Crippen molar-refractivity contribution in [3.05, 3.63) is 80.8 Å². The molecule has 3 aromatic rings. The quantitative estimate of drug-likeness (QED) is 0.461. The fraction of sp³-hybridized carbons (Fsp3) is 0.393. The van der Waals surface area contributed by atoms with E-state index in [1.165, 1.54) is 17.8 Å². The first kappa shape index (κ1) is 24.1. The molecule has 0 radical (unpaired) electrons. The lowest BCUT2D eigenvalue weighted by molar-refractivity contribution is -0.123. The van der Waals surface area contributed by atoms with Gasteiger partial charge in [-0.05, 0) is 63.3 Å². The highest BCUT2D eigenvalue weighted by molar-refractivity contribution is 7.13. The zero-order valence-corrected chi connectivity index (χ0v) is 21.2. The minimum absolute atomic E-state index is 0.133. The van der Waals surface area contributed by atoms with Crippen molar-refractivity contribution in [2.24, 2.45) is 0 Å². The van der Waals surface area contributed by atoms with E-state index >= 15 is 0 Å². The van der Waals surface area contributed by atoms with Gasteiger partial charge < -0.3 is 5.32 Å². The molecule has 6 heteroatoms. The molecule has 0 saturated heterocycles. The summed E-state index contributed by atoms with van der Waals surface area (Å²) in [6, 6.07) is 15.0. The van der Waals surface area contributed by atoms with Crippen molar-refractivity contribution in [1.82, 2.24) is 10.3 Å². The maximum atomic E-state index is 14.2. The smallest absolute Gasteiger partial charge is 0.271 e. The van der Waals surface area contributed by atoms with Crippen LogP contribution in [-0.4, -0.2) is 22.8 Å². The number of hydrogen-bond donors (Lipinski definition) is 1. The Hall–Kier alpha value is -2.99. The zero-order chi connectivity index (χ0) is 24.2. The van der Waals surface area contributed by atoms with Gasteiger partial charge in [-0.3, -0.25) is 14.5 Å². The Balaban J connectivity index is 1.85. The van der Waals surface area contributed by atoms with Crippen molar-refractivity contribution < 1.29 is 9.59 Å². The number of carbonyl (C=O) groups excluding carboxylic acids is 2. The Morgan fingerprint density at radius 3 is 2.35 bits per heavy atom. The normalized spacial score (nSPS) is 15.1. The monoisotopic (exact) mass is 475 g/mol. The van der Waals surface area contributed by atoms with Gasteiger partial charge in [0.25, 0.3) is 5.91 Å². The van der Waals surface area contributed by atoms with Gasteiger partial charge in [0.2, 0.25) is 5.91 Å². The molecule has 34 heavy (non-hydrogen) atoms. The van der Waals surface area contributed by atoms with Gasteiger partial charge in [0.05, 0.1) is 10.7 Å². The standard InChI is InChI=1S/C28H33N3O2S/c1-18-15-16-19(2)24(17-18)31(28(33)26-20(3)29-21(4)34-26)25(22-11-7-5-8-12-22)27(32)30-23-13-9-6-10-14-23/h5,7-8,11-12,15-17,23,25H,6,9-10,13-14H2,1-4H3,(H,30,32)/t25-/m1/s1. The van der Waals surface area contributed by atoms with Crippen LogP contribution < -0.4 is 10.2 Å². The third kappa shape index (κ3) is 5.22. The van der Waals surface area contributed by atoms with Crippen LogP contribution in [0, 0.1) is 27.7 Å². The van der Waals surface area contributed by atoms with Crippen LogP contribution in [0.25, 0.3) is 0 Å². The molecule has 1 saturated carbocycles. The highest BCUT2D eigenvalue weighted by Crippen LogP contribution is 2.35. The van der Waals surface area contributed by atoms with Gasteiger partial charge >= 0.3 is 0 Å². The second-order valence-electron chi connectivity index (χ2n) is 9.27. The number of carbonyl (C=O) groups is 2. The Bertz CT molecular complexity index is 1170. The number of thiazole rings is 1. The molecular weight excluding hydrogens is 442 g/mol. The van der Waals surface area contributed by atoms with Crippen molar-refractivity contribution in [3.63, 3.8) is 0 Å². The predicted molar refractivity (Wildman–Crippen MR) is 139 cm³/mol. The van der Waals surface area contributed by atoms with Crippen LogP contribution in [0.5, 0.6) is 0 Å². The van der Waals surface area contributed by atoms with Crippen LogP contribution in [0.4, 0.5) is 5.69 Å². The second-order valence-corrected chi connectivity index (χ2v) is 10.5. The molecule has 1 N–H and O–H groups in total. The van der Waals surface area contributed by atoms with Gasteiger partial charge in [-0.1, -0.05) is 61.7 Å². The molecule has 1 aromatic heterocycles. The van der Waals surface area contributed by atoms with E-state index in [4.69, 9.17) is 0 Å². The third-order valence-electron chi connectivity index (χ3n) is 6.51. The van der Waals surface area contributed by atoms with Crippen LogP contribution in [0.2, 0.25) is 0 Å². The average Bonchev–Trinajstić information content (AvgIpc) is 3.17. The first-order chi connectivity index (χ1) is 16.3. The Morgan fingerprint density at radius 1 is 1.00 bits per heavy atom. The van der Waals surface area contributed by atoms with E-state index in [0.29, 0.717) is 10.6 Å². The van der Waals surface area contributed by atoms with E-state index in [9.17, 15) is 9.59 Å². The van der Waals surface area contributed by atoms with Gasteiger partial charge in [-0.25, -0.2) is 4.98 Å². The topological polar surface area (TPSA) is 62.3 Å². The van der Waals surface area contributed by atoms with Crippen LogP contribution in [0.15, 0.2) is 48.5 Å². The largest absolute Gasteiger partial charge is 0.351 e. The van der Waals surface area contributed by atoms with Crippen molar-refractivity contribution in [3.8, 4) is 0 Å². The average molecular weight is 476 g/mol. The van der Waals surface area contributed by atoms with Crippen LogP contribution in [0.1, 0.15) is 75.2 Å². The van der Waals surface area contributed by atoms with Gasteiger partial charge in [0, 0.05) is 11.7 Å². The molecule has 2 amide bonds. The van der Waals surface area contributed by atoms with Crippen molar-refractivity contribution in [1.29, 1.82) is 0 Å². The fourth-order valence-corrected chi connectivity index (χ4v) is 5.62. The molecule has 1 aliphatic rings. The summed E-state index contributed by atoms with van der Waals surface area (Å²) in [4.78, 5) is 34.9. The van der Waals surface area contributed by atoms with Crippen molar-refractivity contribution >= 4 is 28.8 Å². The Morgan fingerprint density at radius 2 is 1.71 bits per heavy atom. The molecule has 1 heterocycles. The molecule has 1 aliphatic carbocycles. The SMILES string of the molecule is Cc1ccc(C)c(N(C(=O)c2sc(C)nc2C)[C@@H](C(=O)NC2CCCCC2)c2ccccc2)c1. The van der Waals surface area contributed by atoms with Crippen LogP contribution in [0.3, 0.4) is 0 Å². The molecule has 178 valence electrons. The number of aryl methyl sites for hydroxylation is 4. The highest BCUT2D eigenvalue weighted by Gasteiger charge is 2.36. The minimum Gasteiger partial charge on any atom is -0.351 e. The summed E-state index contributed by atoms with van der Waals surface area (Å²) in [5, 5.41) is 4.12. The fourth-order valence-electron chi connectivity index (χ4n) is 4.76. The Kier molecular flexibility index (Phi) is 7.47. The minimum atomic E-state index is -0.780. The van der Waals surface area contributed by atoms with Crippen LogP contribution >= 0.6 is 11.3 Å². The molecule has 2 aromatic carbocycles. The molecule has 1 fully saturated rings. The summed E-state index contributed by atoms with van der Waals surface area (Å²) in [6.07, 6.45) is 5.43. The van der Waals surface area contributed by atoms with Gasteiger partial charge in [-0.15, -0.1) is 11.3 Å². The van der Waals surface area contributed by atoms with Crippen molar-refractivity contribution in [2.45, 2.75) is 71.9 Å². The van der Waals surface area contributed by atoms with Gasteiger partial charge in [0.1, 0.15) is 10.9 Å². The van der Waals surface area contributed by atoms with E-state index in [1.54, 1.807) is 4.90 Å². The number of hydrogen-bond acceptors (Lipinski definition) is 4. The first-order valence-electron chi connectivity index (χ1n) is 12.1. The number of nitrogens with zero attached hydrogens (tertiary/aromatic N) is 2. The number of aromatic nitrogens is 1. The number of benzene rings is 2. The van der Waals surface area contributed by atoms with E-state index in [2.05, 4.69) is 10.3 Å². The molecule has 0 bridgehead atoms. The summed E-state index contributed by atoms with van der Waals surface area (Å²) in [5.41, 5.74) is 4.23. The summed E-state index contributed by atoms with van der Waals surface area (Å²) in [7, 11) is 0. The van der Waals surface area contributed by atoms with E-state index in [-0.39, 0.29) is 17.9 Å². The number of anilines is 1. The lowest BCUT2D eigenvalue weighted by atomic mass is 9.94. The van der Waals surface area contributed by atoms with E-state index < -0.39 is 6.04 Å². The molecule has 0 spiro atoms. The summed E-state index contributed by atoms with van der Waals surface area (Å²) < 4.78 is 0. The van der Waals surface area contributed by atoms with Crippen molar-refractivity contribution in [2.75, 3.05) is 4.90 Å². The summed E-state index contributed by atoms with van der Waals surface area (Å²) in [5.74, 6) is -0.323. The second kappa shape index (κ2) is 10.5. The zero-order valence-electron chi connectivity index (χ0n) is 20.4. The van der Waals surface area contributed by atoms with E-state index in [0.717, 1.165) is 53.1 Å². The third-order valence-corrected chi connectivity index (χ3v) is 7.58. The van der Waals surface area contributed by atoms with Crippen LogP contribution in [-0.2, 0) is 4.79 Å². The summed E-state index contributed by atoms with van der Waals surface area (Å²) in [6.45, 7) is 7.76. The highest BCUT2D eigenvalue weighted by atomic mass is 32.1. The molecule has 1 atom stereocenters. The first-order valence-corrected chi connectivity index (χ1v) is 12.9. The Labute approximate surface area is 206 Å². The molecule has 5 nitrogen and oxygen atoms in total. The molecular formula is C28H33N3O2S. The number of nitrogens with one attached hydrogen (secondary N) is 1. The van der Waals surface area contributed by atoms with Gasteiger partial charge in [-0.2, -0.15) is 0 Å². The maximum absolute atomic E-state index is 14.2. The molecule has 0 aliphatic heterocycles. The van der Waals surface area contributed by atoms with Gasteiger partial charge in [0.15, 0.2) is 0 Å². The number of rotatable bonds is 6. The van der Waals surface area contributed by atoms with E-state index in [1.807, 2.05) is 76.2 Å². The lowest BCUT2D eigenvalue weighted by Crippen LogP contribution is -2.47. The predicted octanol–water partition coefficient (Wildman–Crippen LogP) is 6.21.